The monoisotopic (exact) mass is 241 g/mol. The number of benzene rings is 1. The molecule has 1 rings (SSSR count). The number of hydrogen-bond donors (Lipinski definition) is 1. The van der Waals surface area contributed by atoms with Crippen molar-refractivity contribution >= 4 is 12.6 Å². The molecule has 0 unspecified atom stereocenters. The molecule has 1 aromatic rings. The Labute approximate surface area is 103 Å². The summed E-state index contributed by atoms with van der Waals surface area (Å²) < 4.78 is 10.5. The summed E-state index contributed by atoms with van der Waals surface area (Å²) in [5.41, 5.74) is 1.21. The van der Waals surface area contributed by atoms with E-state index < -0.39 is 0 Å². The molecule has 16 heavy (non-hydrogen) atoms. The maximum absolute atomic E-state index is 5.26. The standard InChI is InChI=1S/C12H19NO2S/c1-13(6-7-16)9-10-4-5-11(14-2)12(8-10)15-3/h4-5,8,16H,6-7,9H2,1-3H3. The Balaban J connectivity index is 2.74. The lowest BCUT2D eigenvalue weighted by atomic mass is 10.2. The average molecular weight is 241 g/mol. The molecule has 0 aliphatic heterocycles. The first-order valence-electron chi connectivity index (χ1n) is 5.21. The quantitative estimate of drug-likeness (QED) is 0.771. The maximum atomic E-state index is 5.26. The summed E-state index contributed by atoms with van der Waals surface area (Å²) in [5.74, 6) is 2.41. The number of ether oxygens (including phenoxy) is 2. The van der Waals surface area contributed by atoms with Crippen molar-refractivity contribution < 1.29 is 9.47 Å². The van der Waals surface area contributed by atoms with Crippen LogP contribution in [0.1, 0.15) is 5.56 Å². The normalized spacial score (nSPS) is 10.6. The first-order valence-corrected chi connectivity index (χ1v) is 5.84. The zero-order valence-corrected chi connectivity index (χ0v) is 11.0. The van der Waals surface area contributed by atoms with E-state index >= 15 is 0 Å². The Morgan fingerprint density at radius 3 is 2.44 bits per heavy atom. The molecule has 0 heterocycles. The molecular weight excluding hydrogens is 222 g/mol. The Hall–Kier alpha value is -0.870. The summed E-state index contributed by atoms with van der Waals surface area (Å²) in [6, 6.07) is 5.99. The molecule has 0 aliphatic carbocycles. The molecule has 0 bridgehead atoms. The first kappa shape index (κ1) is 13.2. The second kappa shape index (κ2) is 6.66. The molecule has 0 fully saturated rings. The van der Waals surface area contributed by atoms with Gasteiger partial charge in [-0.2, -0.15) is 12.6 Å². The SMILES string of the molecule is COc1ccc(CN(C)CCS)cc1OC. The van der Waals surface area contributed by atoms with Crippen molar-refractivity contribution in [2.45, 2.75) is 6.54 Å². The molecule has 0 amide bonds. The van der Waals surface area contributed by atoms with Crippen LogP contribution in [-0.2, 0) is 6.54 Å². The van der Waals surface area contributed by atoms with Gasteiger partial charge in [-0.3, -0.25) is 0 Å². The molecular formula is C12H19NO2S. The number of hydrogen-bond acceptors (Lipinski definition) is 4. The summed E-state index contributed by atoms with van der Waals surface area (Å²) in [7, 11) is 5.37. The third-order valence-corrected chi connectivity index (χ3v) is 2.58. The zero-order chi connectivity index (χ0) is 12.0. The van der Waals surface area contributed by atoms with Gasteiger partial charge >= 0.3 is 0 Å². The highest BCUT2D eigenvalue weighted by molar-refractivity contribution is 7.80. The summed E-state index contributed by atoms with van der Waals surface area (Å²) in [4.78, 5) is 2.22. The van der Waals surface area contributed by atoms with Crippen LogP contribution in [0.25, 0.3) is 0 Å². The van der Waals surface area contributed by atoms with Crippen molar-refractivity contribution in [3.05, 3.63) is 23.8 Å². The minimum atomic E-state index is 0.767. The molecule has 90 valence electrons. The maximum Gasteiger partial charge on any atom is 0.161 e. The minimum absolute atomic E-state index is 0.767. The van der Waals surface area contributed by atoms with Crippen LogP contribution in [0.5, 0.6) is 11.5 Å². The minimum Gasteiger partial charge on any atom is -0.493 e. The van der Waals surface area contributed by atoms with E-state index in [1.54, 1.807) is 14.2 Å². The molecule has 0 N–H and O–H groups in total. The van der Waals surface area contributed by atoms with Gasteiger partial charge in [0.1, 0.15) is 0 Å². The molecule has 0 atom stereocenters. The van der Waals surface area contributed by atoms with E-state index in [0.717, 1.165) is 30.3 Å². The smallest absolute Gasteiger partial charge is 0.161 e. The van der Waals surface area contributed by atoms with E-state index in [-0.39, 0.29) is 0 Å². The fourth-order valence-electron chi connectivity index (χ4n) is 1.54. The highest BCUT2D eigenvalue weighted by Gasteiger charge is 2.05. The van der Waals surface area contributed by atoms with Crippen molar-refractivity contribution in [1.29, 1.82) is 0 Å². The summed E-state index contributed by atoms with van der Waals surface area (Å²) in [5, 5.41) is 0. The van der Waals surface area contributed by atoms with Gasteiger partial charge < -0.3 is 14.4 Å². The van der Waals surface area contributed by atoms with Gasteiger partial charge in [-0.05, 0) is 24.7 Å². The van der Waals surface area contributed by atoms with Crippen LogP contribution in [0.4, 0.5) is 0 Å². The zero-order valence-electron chi connectivity index (χ0n) is 10.1. The van der Waals surface area contributed by atoms with Crippen molar-refractivity contribution in [3.63, 3.8) is 0 Å². The van der Waals surface area contributed by atoms with Crippen LogP contribution in [0, 0.1) is 0 Å². The van der Waals surface area contributed by atoms with Crippen molar-refractivity contribution in [2.75, 3.05) is 33.6 Å². The van der Waals surface area contributed by atoms with Crippen LogP contribution in [-0.4, -0.2) is 38.5 Å². The Bertz CT molecular complexity index is 331. The van der Waals surface area contributed by atoms with Gasteiger partial charge in [0.25, 0.3) is 0 Å². The lowest BCUT2D eigenvalue weighted by Crippen LogP contribution is -2.20. The summed E-state index contributed by atoms with van der Waals surface area (Å²) in [6.07, 6.45) is 0. The molecule has 3 nitrogen and oxygen atoms in total. The second-order valence-electron chi connectivity index (χ2n) is 3.65. The fourth-order valence-corrected chi connectivity index (χ4v) is 1.88. The highest BCUT2D eigenvalue weighted by atomic mass is 32.1. The molecule has 0 spiro atoms. The molecule has 0 saturated heterocycles. The van der Waals surface area contributed by atoms with Crippen molar-refractivity contribution in [2.24, 2.45) is 0 Å². The number of nitrogens with zero attached hydrogens (tertiary/aromatic N) is 1. The predicted molar refractivity (Wildman–Crippen MR) is 69.7 cm³/mol. The Morgan fingerprint density at radius 1 is 1.19 bits per heavy atom. The van der Waals surface area contributed by atoms with E-state index in [9.17, 15) is 0 Å². The van der Waals surface area contributed by atoms with Crippen molar-refractivity contribution in [3.8, 4) is 11.5 Å². The predicted octanol–water partition coefficient (Wildman–Crippen LogP) is 2.07. The van der Waals surface area contributed by atoms with Crippen molar-refractivity contribution in [1.82, 2.24) is 4.90 Å². The number of methoxy groups -OCH3 is 2. The largest absolute Gasteiger partial charge is 0.493 e. The average Bonchev–Trinajstić information content (AvgIpc) is 2.29. The second-order valence-corrected chi connectivity index (χ2v) is 4.10. The van der Waals surface area contributed by atoms with Gasteiger partial charge in [-0.15, -0.1) is 0 Å². The van der Waals surface area contributed by atoms with Crippen LogP contribution < -0.4 is 9.47 Å². The Kier molecular flexibility index (Phi) is 5.49. The van der Waals surface area contributed by atoms with Gasteiger partial charge in [-0.1, -0.05) is 6.07 Å². The van der Waals surface area contributed by atoms with Gasteiger partial charge in [-0.25, -0.2) is 0 Å². The summed E-state index contributed by atoms with van der Waals surface area (Å²) >= 11 is 4.21. The van der Waals surface area contributed by atoms with E-state index in [1.807, 2.05) is 12.1 Å². The fraction of sp³-hybridized carbons (Fsp3) is 0.500. The van der Waals surface area contributed by atoms with Gasteiger partial charge in [0, 0.05) is 18.8 Å². The van der Waals surface area contributed by atoms with E-state index in [4.69, 9.17) is 9.47 Å². The number of rotatable bonds is 6. The molecule has 0 radical (unpaired) electrons. The lowest BCUT2D eigenvalue weighted by molar-refractivity contribution is 0.341. The van der Waals surface area contributed by atoms with Gasteiger partial charge in [0.2, 0.25) is 0 Å². The first-order chi connectivity index (χ1) is 7.71. The van der Waals surface area contributed by atoms with Crippen LogP contribution in [0.15, 0.2) is 18.2 Å². The van der Waals surface area contributed by atoms with Crippen LogP contribution in [0.3, 0.4) is 0 Å². The van der Waals surface area contributed by atoms with Gasteiger partial charge in [0.05, 0.1) is 14.2 Å². The summed E-state index contributed by atoms with van der Waals surface area (Å²) in [6.45, 7) is 1.86. The molecule has 1 aromatic carbocycles. The van der Waals surface area contributed by atoms with Crippen LogP contribution in [0.2, 0.25) is 0 Å². The van der Waals surface area contributed by atoms with E-state index in [2.05, 4.69) is 30.6 Å². The highest BCUT2D eigenvalue weighted by Crippen LogP contribution is 2.27. The third kappa shape index (κ3) is 3.61. The Morgan fingerprint density at radius 2 is 1.88 bits per heavy atom. The van der Waals surface area contributed by atoms with Gasteiger partial charge in [0.15, 0.2) is 11.5 Å². The molecule has 0 saturated carbocycles. The van der Waals surface area contributed by atoms with Crippen LogP contribution >= 0.6 is 12.6 Å². The number of thiol groups is 1. The van der Waals surface area contributed by atoms with E-state index in [1.165, 1.54) is 5.56 Å². The molecule has 0 aromatic heterocycles. The third-order valence-electron chi connectivity index (χ3n) is 2.38. The topological polar surface area (TPSA) is 21.7 Å². The molecule has 4 heteroatoms. The van der Waals surface area contributed by atoms with E-state index in [0.29, 0.717) is 0 Å². The lowest BCUT2D eigenvalue weighted by Gasteiger charge is -2.16. The molecule has 0 aliphatic rings.